The van der Waals surface area contributed by atoms with E-state index < -0.39 is 11.9 Å². The Morgan fingerprint density at radius 3 is 2.43 bits per heavy atom. The average molecular weight is 308 g/mol. The van der Waals surface area contributed by atoms with E-state index >= 15 is 0 Å². The molecular weight excluding hydrogens is 292 g/mol. The van der Waals surface area contributed by atoms with E-state index in [1.54, 1.807) is 42.5 Å². The molecule has 2 N–H and O–H groups in total. The Bertz CT molecular complexity index is 756. The van der Waals surface area contributed by atoms with Gasteiger partial charge < -0.3 is 5.32 Å². The molecule has 5 nitrogen and oxygen atoms in total. The minimum atomic E-state index is -0.562. The van der Waals surface area contributed by atoms with Crippen molar-refractivity contribution < 1.29 is 14.4 Å². The van der Waals surface area contributed by atoms with Crippen LogP contribution in [0.2, 0.25) is 0 Å². The molecule has 0 aromatic heterocycles. The van der Waals surface area contributed by atoms with Crippen LogP contribution >= 0.6 is 0 Å². The number of ketones is 1. The molecule has 0 bridgehead atoms. The van der Waals surface area contributed by atoms with Gasteiger partial charge in [-0.3, -0.25) is 14.9 Å². The molecule has 2 aromatic rings. The van der Waals surface area contributed by atoms with Gasteiger partial charge in [0.2, 0.25) is 0 Å². The minimum Gasteiger partial charge on any atom is -0.331 e. The molecule has 0 radical (unpaired) electrons. The molecule has 5 heteroatoms. The van der Waals surface area contributed by atoms with Gasteiger partial charge in [-0.05, 0) is 24.1 Å². The molecule has 23 heavy (non-hydrogen) atoms. The fourth-order valence-corrected chi connectivity index (χ4v) is 2.73. The first-order chi connectivity index (χ1) is 11.1. The summed E-state index contributed by atoms with van der Waals surface area (Å²) >= 11 is 0. The summed E-state index contributed by atoms with van der Waals surface area (Å²) in [5.41, 5.74) is 1.85. The van der Waals surface area contributed by atoms with Gasteiger partial charge in [0, 0.05) is 17.5 Å². The van der Waals surface area contributed by atoms with Gasteiger partial charge in [0.05, 0.1) is 6.04 Å². The Balaban J connectivity index is 1.68. The second-order valence-corrected chi connectivity index (χ2v) is 5.40. The predicted octanol–water partition coefficient (Wildman–Crippen LogP) is 2.84. The van der Waals surface area contributed by atoms with Gasteiger partial charge in [-0.15, -0.1) is 0 Å². The quantitative estimate of drug-likeness (QED) is 0.895. The van der Waals surface area contributed by atoms with Crippen molar-refractivity contribution in [2.45, 2.75) is 18.9 Å². The number of Topliss-reactive ketones (excluding diaryl/α,β-unsaturated/α-hetero) is 1. The van der Waals surface area contributed by atoms with Crippen molar-refractivity contribution in [2.24, 2.45) is 0 Å². The van der Waals surface area contributed by atoms with Gasteiger partial charge >= 0.3 is 6.03 Å². The fourth-order valence-electron chi connectivity index (χ4n) is 2.73. The van der Waals surface area contributed by atoms with Crippen LogP contribution in [0.1, 0.15) is 45.2 Å². The van der Waals surface area contributed by atoms with E-state index in [2.05, 4.69) is 10.6 Å². The highest BCUT2D eigenvalue weighted by atomic mass is 16.2. The third kappa shape index (κ3) is 3.29. The molecule has 0 aliphatic heterocycles. The maximum atomic E-state index is 12.1. The fraction of sp³-hybridized carbons (Fsp3) is 0.167. The maximum absolute atomic E-state index is 12.1. The molecule has 1 atom stereocenters. The first-order valence-corrected chi connectivity index (χ1v) is 7.44. The van der Waals surface area contributed by atoms with Crippen molar-refractivity contribution in [3.63, 3.8) is 0 Å². The van der Waals surface area contributed by atoms with Crippen LogP contribution in [0.3, 0.4) is 0 Å². The second kappa shape index (κ2) is 6.44. The maximum Gasteiger partial charge on any atom is 0.322 e. The summed E-state index contributed by atoms with van der Waals surface area (Å²) in [5, 5.41) is 5.08. The van der Waals surface area contributed by atoms with Gasteiger partial charge in [-0.2, -0.15) is 0 Å². The number of imide groups is 1. The Morgan fingerprint density at radius 2 is 1.65 bits per heavy atom. The van der Waals surface area contributed by atoms with Crippen molar-refractivity contribution in [3.8, 4) is 0 Å². The molecular formula is C18H16N2O3. The third-order valence-corrected chi connectivity index (χ3v) is 3.87. The summed E-state index contributed by atoms with van der Waals surface area (Å²) in [5.74, 6) is -0.373. The zero-order valence-electron chi connectivity index (χ0n) is 12.4. The van der Waals surface area contributed by atoms with E-state index in [0.717, 1.165) is 5.56 Å². The van der Waals surface area contributed by atoms with Crippen molar-refractivity contribution >= 4 is 17.7 Å². The van der Waals surface area contributed by atoms with Crippen LogP contribution in [0.15, 0.2) is 54.6 Å². The van der Waals surface area contributed by atoms with Crippen LogP contribution in [-0.2, 0) is 0 Å². The number of carbonyl (C=O) groups excluding carboxylic acids is 3. The molecule has 3 amide bonds. The van der Waals surface area contributed by atoms with Crippen LogP contribution in [0.4, 0.5) is 4.79 Å². The van der Waals surface area contributed by atoms with Gasteiger partial charge in [-0.1, -0.05) is 42.5 Å². The van der Waals surface area contributed by atoms with Crippen molar-refractivity contribution in [3.05, 3.63) is 71.3 Å². The number of carbonyl (C=O) groups is 3. The van der Waals surface area contributed by atoms with E-state index in [9.17, 15) is 14.4 Å². The van der Waals surface area contributed by atoms with Gasteiger partial charge in [0.1, 0.15) is 0 Å². The minimum absolute atomic E-state index is 0.0828. The number of fused-ring (bicyclic) bond motifs is 1. The van der Waals surface area contributed by atoms with Gasteiger partial charge in [0.15, 0.2) is 5.78 Å². The lowest BCUT2D eigenvalue weighted by molar-refractivity contribution is 0.0946. The zero-order chi connectivity index (χ0) is 16.2. The predicted molar refractivity (Wildman–Crippen MR) is 85.2 cm³/mol. The Hall–Kier alpha value is -2.95. The van der Waals surface area contributed by atoms with E-state index in [4.69, 9.17) is 0 Å². The lowest BCUT2D eigenvalue weighted by atomic mass is 9.87. The van der Waals surface area contributed by atoms with Crippen LogP contribution < -0.4 is 10.6 Å². The molecule has 0 fully saturated rings. The summed E-state index contributed by atoms with van der Waals surface area (Å²) in [6.07, 6.45) is 0.914. The highest BCUT2D eigenvalue weighted by molar-refractivity contribution is 6.04. The molecule has 0 unspecified atom stereocenters. The summed E-state index contributed by atoms with van der Waals surface area (Å²) in [6.45, 7) is 0. The van der Waals surface area contributed by atoms with Crippen LogP contribution in [0.25, 0.3) is 0 Å². The Morgan fingerprint density at radius 1 is 0.957 bits per heavy atom. The molecule has 2 aromatic carbocycles. The third-order valence-electron chi connectivity index (χ3n) is 3.87. The first kappa shape index (κ1) is 15.0. The van der Waals surface area contributed by atoms with E-state index in [-0.39, 0.29) is 11.8 Å². The number of urea groups is 1. The van der Waals surface area contributed by atoms with Gasteiger partial charge in [0.25, 0.3) is 5.91 Å². The number of rotatable bonds is 2. The number of hydrogen-bond acceptors (Lipinski definition) is 3. The number of nitrogens with one attached hydrogen (secondary N) is 2. The molecule has 0 saturated carbocycles. The SMILES string of the molecule is O=C(NC(=O)c1ccccc1)N[C@@H]1CCC(=O)c2ccccc21. The smallest absolute Gasteiger partial charge is 0.322 e. The second-order valence-electron chi connectivity index (χ2n) is 5.40. The molecule has 116 valence electrons. The zero-order valence-corrected chi connectivity index (χ0v) is 12.4. The van der Waals surface area contributed by atoms with E-state index in [0.29, 0.717) is 24.0 Å². The van der Waals surface area contributed by atoms with Crippen molar-refractivity contribution in [1.29, 1.82) is 0 Å². The number of hydrogen-bond donors (Lipinski definition) is 2. The summed E-state index contributed by atoms with van der Waals surface area (Å²) in [6, 6.07) is 14.9. The lowest BCUT2D eigenvalue weighted by Gasteiger charge is -2.25. The Labute approximate surface area is 133 Å². The molecule has 0 spiro atoms. The largest absolute Gasteiger partial charge is 0.331 e. The lowest BCUT2D eigenvalue weighted by Crippen LogP contribution is -2.42. The Kier molecular flexibility index (Phi) is 4.19. The molecule has 0 saturated heterocycles. The topological polar surface area (TPSA) is 75.3 Å². The molecule has 3 rings (SSSR count). The van der Waals surface area contributed by atoms with E-state index in [1.165, 1.54) is 0 Å². The van der Waals surface area contributed by atoms with Crippen LogP contribution in [0, 0.1) is 0 Å². The standard InChI is InChI=1S/C18H16N2O3/c21-16-11-10-15(13-8-4-5-9-14(13)16)19-18(23)20-17(22)12-6-2-1-3-7-12/h1-9,15H,10-11H2,(H2,19,20,22,23)/t15-/m1/s1. The average Bonchev–Trinajstić information content (AvgIpc) is 2.58. The highest BCUT2D eigenvalue weighted by Crippen LogP contribution is 2.29. The summed E-state index contributed by atoms with van der Waals surface area (Å²) in [7, 11) is 0. The number of amides is 3. The monoisotopic (exact) mass is 308 g/mol. The van der Waals surface area contributed by atoms with Crippen LogP contribution in [-0.4, -0.2) is 17.7 Å². The normalized spacial score (nSPS) is 16.3. The number of benzene rings is 2. The molecule has 0 heterocycles. The van der Waals surface area contributed by atoms with Crippen LogP contribution in [0.5, 0.6) is 0 Å². The van der Waals surface area contributed by atoms with Gasteiger partial charge in [-0.25, -0.2) is 4.79 Å². The molecule has 1 aliphatic carbocycles. The van der Waals surface area contributed by atoms with Crippen molar-refractivity contribution in [2.75, 3.05) is 0 Å². The summed E-state index contributed by atoms with van der Waals surface area (Å²) < 4.78 is 0. The molecule has 1 aliphatic rings. The van der Waals surface area contributed by atoms with E-state index in [1.807, 2.05) is 12.1 Å². The summed E-state index contributed by atoms with van der Waals surface area (Å²) in [4.78, 5) is 35.9. The highest BCUT2D eigenvalue weighted by Gasteiger charge is 2.26. The van der Waals surface area contributed by atoms with Crippen molar-refractivity contribution in [1.82, 2.24) is 10.6 Å². The first-order valence-electron chi connectivity index (χ1n) is 7.44.